The van der Waals surface area contributed by atoms with E-state index in [1.54, 1.807) is 24.5 Å². The van der Waals surface area contributed by atoms with Crippen molar-refractivity contribution in [3.8, 4) is 0 Å². The number of carbonyl (C=O) groups excluding carboxylic acids is 1. The second-order valence-electron chi connectivity index (χ2n) is 7.72. The summed E-state index contributed by atoms with van der Waals surface area (Å²) in [4.78, 5) is 33.9. The number of aryl methyl sites for hydroxylation is 3. The standard InChI is InChI=1S/C24H22N6O/c1-4-20-29-21-14(2)11-15(3)26-24(21)30(20)13-16-5-6-18-19(12-16)28-23(27-18)22(31)17-7-9-25-10-8-17/h5-12H,4,13H2,1-3H3,(H,27,28). The van der Waals surface area contributed by atoms with Gasteiger partial charge in [-0.05, 0) is 55.3 Å². The van der Waals surface area contributed by atoms with Crippen LogP contribution in [0.1, 0.15) is 45.8 Å². The Kier molecular flexibility index (Phi) is 4.58. The highest BCUT2D eigenvalue weighted by Gasteiger charge is 2.16. The van der Waals surface area contributed by atoms with Crippen LogP contribution in [0.5, 0.6) is 0 Å². The fourth-order valence-corrected chi connectivity index (χ4v) is 3.97. The zero-order valence-electron chi connectivity index (χ0n) is 17.7. The summed E-state index contributed by atoms with van der Waals surface area (Å²) in [5.41, 5.74) is 7.23. The normalized spacial score (nSPS) is 11.5. The summed E-state index contributed by atoms with van der Waals surface area (Å²) in [6, 6.07) is 11.5. The minimum absolute atomic E-state index is 0.149. The van der Waals surface area contributed by atoms with Crippen LogP contribution in [0.4, 0.5) is 0 Å². The number of fused-ring (bicyclic) bond motifs is 2. The van der Waals surface area contributed by atoms with Gasteiger partial charge in [0.2, 0.25) is 5.78 Å². The molecule has 0 aliphatic rings. The molecule has 4 heterocycles. The molecule has 4 aromatic heterocycles. The van der Waals surface area contributed by atoms with Gasteiger partial charge in [0.25, 0.3) is 0 Å². The first-order chi connectivity index (χ1) is 15.0. The Bertz CT molecular complexity index is 1430. The molecule has 0 aliphatic carbocycles. The zero-order valence-corrected chi connectivity index (χ0v) is 17.7. The number of imidazole rings is 2. The Labute approximate surface area is 179 Å². The number of hydrogen-bond donors (Lipinski definition) is 1. The lowest BCUT2D eigenvalue weighted by atomic mass is 10.2. The Morgan fingerprint density at radius 2 is 1.84 bits per heavy atom. The first kappa shape index (κ1) is 19.1. The minimum atomic E-state index is -0.149. The molecular weight excluding hydrogens is 388 g/mol. The molecule has 0 bridgehead atoms. The van der Waals surface area contributed by atoms with Crippen LogP contribution >= 0.6 is 0 Å². The van der Waals surface area contributed by atoms with Crippen molar-refractivity contribution in [3.63, 3.8) is 0 Å². The lowest BCUT2D eigenvalue weighted by Gasteiger charge is -2.08. The highest BCUT2D eigenvalue weighted by Crippen LogP contribution is 2.22. The second kappa shape index (κ2) is 7.43. The molecule has 0 saturated carbocycles. The van der Waals surface area contributed by atoms with E-state index in [1.807, 2.05) is 25.1 Å². The molecule has 5 rings (SSSR count). The van der Waals surface area contributed by atoms with Gasteiger partial charge < -0.3 is 9.55 Å². The van der Waals surface area contributed by atoms with Gasteiger partial charge in [0.1, 0.15) is 11.3 Å². The molecule has 0 aliphatic heterocycles. The van der Waals surface area contributed by atoms with Crippen molar-refractivity contribution in [1.82, 2.24) is 29.5 Å². The van der Waals surface area contributed by atoms with Crippen LogP contribution in [0.25, 0.3) is 22.2 Å². The third-order valence-corrected chi connectivity index (χ3v) is 5.46. The second-order valence-corrected chi connectivity index (χ2v) is 7.72. The first-order valence-electron chi connectivity index (χ1n) is 10.3. The van der Waals surface area contributed by atoms with Crippen LogP contribution in [0.2, 0.25) is 0 Å². The molecule has 1 N–H and O–H groups in total. The monoisotopic (exact) mass is 410 g/mol. The number of rotatable bonds is 5. The van der Waals surface area contributed by atoms with Gasteiger partial charge in [-0.15, -0.1) is 0 Å². The molecule has 31 heavy (non-hydrogen) atoms. The van der Waals surface area contributed by atoms with Crippen molar-refractivity contribution < 1.29 is 4.79 Å². The summed E-state index contributed by atoms with van der Waals surface area (Å²) < 4.78 is 2.18. The molecule has 1 aromatic carbocycles. The van der Waals surface area contributed by atoms with Crippen LogP contribution in [0.15, 0.2) is 48.8 Å². The molecule has 0 amide bonds. The van der Waals surface area contributed by atoms with Crippen LogP contribution in [-0.2, 0) is 13.0 Å². The fraction of sp³-hybridized carbons (Fsp3) is 0.208. The summed E-state index contributed by atoms with van der Waals surface area (Å²) in [5, 5.41) is 0. The summed E-state index contributed by atoms with van der Waals surface area (Å²) >= 11 is 0. The Morgan fingerprint density at radius 3 is 2.61 bits per heavy atom. The lowest BCUT2D eigenvalue weighted by Crippen LogP contribution is -2.05. The quantitative estimate of drug-likeness (QED) is 0.440. The molecule has 5 aromatic rings. The van der Waals surface area contributed by atoms with Crippen molar-refractivity contribution in [2.24, 2.45) is 0 Å². The van der Waals surface area contributed by atoms with E-state index < -0.39 is 0 Å². The topological polar surface area (TPSA) is 89.3 Å². The molecule has 0 fully saturated rings. The number of pyridine rings is 2. The molecule has 154 valence electrons. The maximum atomic E-state index is 12.7. The summed E-state index contributed by atoms with van der Waals surface area (Å²) in [6.45, 7) is 6.84. The van der Waals surface area contributed by atoms with Crippen molar-refractivity contribution in [2.75, 3.05) is 0 Å². The number of ketones is 1. The van der Waals surface area contributed by atoms with E-state index in [1.165, 1.54) is 0 Å². The van der Waals surface area contributed by atoms with Gasteiger partial charge in [-0.1, -0.05) is 13.0 Å². The molecule has 7 nitrogen and oxygen atoms in total. The summed E-state index contributed by atoms with van der Waals surface area (Å²) in [5.74, 6) is 1.19. The van der Waals surface area contributed by atoms with Gasteiger partial charge in [0, 0.05) is 30.1 Å². The average Bonchev–Trinajstić information content (AvgIpc) is 3.35. The smallest absolute Gasteiger partial charge is 0.228 e. The predicted octanol–water partition coefficient (Wildman–Crippen LogP) is 4.16. The third-order valence-electron chi connectivity index (χ3n) is 5.46. The van der Waals surface area contributed by atoms with Crippen molar-refractivity contribution in [1.29, 1.82) is 0 Å². The molecule has 0 radical (unpaired) electrons. The molecule has 0 atom stereocenters. The van der Waals surface area contributed by atoms with Crippen LogP contribution in [0, 0.1) is 13.8 Å². The maximum Gasteiger partial charge on any atom is 0.228 e. The first-order valence-corrected chi connectivity index (χ1v) is 10.3. The van der Waals surface area contributed by atoms with Crippen molar-refractivity contribution in [2.45, 2.75) is 33.7 Å². The predicted molar refractivity (Wildman–Crippen MR) is 119 cm³/mol. The van der Waals surface area contributed by atoms with Gasteiger partial charge in [0.15, 0.2) is 11.5 Å². The van der Waals surface area contributed by atoms with Gasteiger partial charge >= 0.3 is 0 Å². The molecule has 0 spiro atoms. The molecule has 0 saturated heterocycles. The Balaban J connectivity index is 1.53. The van der Waals surface area contributed by atoms with Crippen molar-refractivity contribution >= 4 is 28.0 Å². The number of nitrogens with one attached hydrogen (secondary N) is 1. The molecular formula is C24H22N6O. The number of benzene rings is 1. The SMILES string of the molecule is CCc1nc2c(C)cc(C)nc2n1Cc1ccc2nc(C(=O)c3ccncc3)[nH]c2c1. The Morgan fingerprint density at radius 1 is 1.03 bits per heavy atom. The van der Waals surface area contributed by atoms with E-state index >= 15 is 0 Å². The van der Waals surface area contributed by atoms with Crippen molar-refractivity contribution in [3.05, 3.63) is 82.8 Å². The van der Waals surface area contributed by atoms with Gasteiger partial charge in [-0.25, -0.2) is 15.0 Å². The number of aromatic nitrogens is 6. The number of aromatic amines is 1. The largest absolute Gasteiger partial charge is 0.335 e. The number of carbonyl (C=O) groups is 1. The van der Waals surface area contributed by atoms with Gasteiger partial charge in [-0.2, -0.15) is 0 Å². The third kappa shape index (κ3) is 3.38. The molecule has 7 heteroatoms. The summed E-state index contributed by atoms with van der Waals surface area (Å²) in [6.07, 6.45) is 4.03. The van der Waals surface area contributed by atoms with Crippen LogP contribution in [0.3, 0.4) is 0 Å². The zero-order chi connectivity index (χ0) is 21.5. The van der Waals surface area contributed by atoms with E-state index in [-0.39, 0.29) is 5.78 Å². The van der Waals surface area contributed by atoms with E-state index in [4.69, 9.17) is 9.97 Å². The highest BCUT2D eigenvalue weighted by molar-refractivity contribution is 6.07. The van der Waals surface area contributed by atoms with E-state index in [2.05, 4.69) is 39.4 Å². The number of hydrogen-bond acceptors (Lipinski definition) is 5. The van der Waals surface area contributed by atoms with E-state index in [9.17, 15) is 4.79 Å². The lowest BCUT2D eigenvalue weighted by molar-refractivity contribution is 0.103. The van der Waals surface area contributed by atoms with E-state index in [0.717, 1.165) is 51.3 Å². The van der Waals surface area contributed by atoms with E-state index in [0.29, 0.717) is 17.9 Å². The maximum absolute atomic E-state index is 12.7. The minimum Gasteiger partial charge on any atom is -0.335 e. The number of nitrogens with zero attached hydrogens (tertiary/aromatic N) is 5. The van der Waals surface area contributed by atoms with Crippen LogP contribution in [-0.4, -0.2) is 35.3 Å². The molecule has 0 unspecified atom stereocenters. The fourth-order valence-electron chi connectivity index (χ4n) is 3.97. The highest BCUT2D eigenvalue weighted by atomic mass is 16.1. The summed E-state index contributed by atoms with van der Waals surface area (Å²) in [7, 11) is 0. The average molecular weight is 410 g/mol. The Hall–Kier alpha value is -3.87. The van der Waals surface area contributed by atoms with Crippen LogP contribution < -0.4 is 0 Å². The number of H-pyrrole nitrogens is 1. The van der Waals surface area contributed by atoms with Gasteiger partial charge in [0.05, 0.1) is 17.6 Å². The van der Waals surface area contributed by atoms with Gasteiger partial charge in [-0.3, -0.25) is 9.78 Å².